The number of aliphatic hydroxyl groups is 1. The van der Waals surface area contributed by atoms with Crippen LogP contribution in [0.4, 0.5) is 0 Å². The predicted molar refractivity (Wildman–Crippen MR) is 53.8 cm³/mol. The van der Waals surface area contributed by atoms with Crippen molar-refractivity contribution >= 4 is 11.8 Å². The molecule has 1 aliphatic rings. The van der Waals surface area contributed by atoms with Crippen molar-refractivity contribution in [2.24, 2.45) is 11.7 Å². The number of rotatable bonds is 5. The third-order valence-electron chi connectivity index (χ3n) is 2.54. The standard InChI is InChI=1S/C8H14N4OS/c9-3-8(13,6-1-2-6)4-14-7-10-5-11-12-7/h5-6,13H,1-4,9H2,(H,10,11,12). The van der Waals surface area contributed by atoms with E-state index in [-0.39, 0.29) is 0 Å². The van der Waals surface area contributed by atoms with Crippen LogP contribution in [0, 0.1) is 5.92 Å². The number of nitrogens with one attached hydrogen (secondary N) is 1. The maximum Gasteiger partial charge on any atom is 0.183 e. The summed E-state index contributed by atoms with van der Waals surface area (Å²) in [6, 6.07) is 0. The minimum absolute atomic E-state index is 0.318. The highest BCUT2D eigenvalue weighted by molar-refractivity contribution is 7.99. The van der Waals surface area contributed by atoms with Gasteiger partial charge in [0, 0.05) is 12.3 Å². The summed E-state index contributed by atoms with van der Waals surface area (Å²) >= 11 is 1.47. The number of thioether (sulfide) groups is 1. The SMILES string of the molecule is NCC(O)(CSc1ncn[nH]1)C1CC1. The largest absolute Gasteiger partial charge is 0.387 e. The molecule has 5 nitrogen and oxygen atoms in total. The molecule has 1 heterocycles. The van der Waals surface area contributed by atoms with Gasteiger partial charge in [0.25, 0.3) is 0 Å². The maximum absolute atomic E-state index is 10.2. The molecular formula is C8H14N4OS. The smallest absolute Gasteiger partial charge is 0.183 e. The fourth-order valence-electron chi connectivity index (χ4n) is 1.42. The van der Waals surface area contributed by atoms with Gasteiger partial charge in [-0.15, -0.1) is 0 Å². The van der Waals surface area contributed by atoms with E-state index in [1.807, 2.05) is 0 Å². The monoisotopic (exact) mass is 214 g/mol. The predicted octanol–water partition coefficient (Wildman–Crippen LogP) is -0.00340. The van der Waals surface area contributed by atoms with Crippen molar-refractivity contribution < 1.29 is 5.11 Å². The molecule has 0 spiro atoms. The van der Waals surface area contributed by atoms with Gasteiger partial charge in [-0.2, -0.15) is 5.10 Å². The third-order valence-corrected chi connectivity index (χ3v) is 3.66. The van der Waals surface area contributed by atoms with E-state index in [1.165, 1.54) is 18.1 Å². The minimum Gasteiger partial charge on any atom is -0.387 e. The average molecular weight is 214 g/mol. The van der Waals surface area contributed by atoms with Crippen LogP contribution in [0.25, 0.3) is 0 Å². The molecule has 0 saturated heterocycles. The molecule has 1 unspecified atom stereocenters. The van der Waals surface area contributed by atoms with E-state index in [1.54, 1.807) is 0 Å². The van der Waals surface area contributed by atoms with Gasteiger partial charge in [0.2, 0.25) is 0 Å². The lowest BCUT2D eigenvalue weighted by molar-refractivity contribution is 0.0509. The molecule has 1 aromatic rings. The van der Waals surface area contributed by atoms with E-state index in [2.05, 4.69) is 15.2 Å². The fourth-order valence-corrected chi connectivity index (χ4v) is 2.40. The van der Waals surface area contributed by atoms with Crippen molar-refractivity contribution in [3.63, 3.8) is 0 Å². The van der Waals surface area contributed by atoms with Gasteiger partial charge in [-0.3, -0.25) is 5.10 Å². The first-order valence-corrected chi connectivity index (χ1v) is 5.64. The molecular weight excluding hydrogens is 200 g/mol. The first-order valence-electron chi connectivity index (χ1n) is 4.65. The van der Waals surface area contributed by atoms with Gasteiger partial charge in [-0.1, -0.05) is 11.8 Å². The Morgan fingerprint density at radius 3 is 3.00 bits per heavy atom. The van der Waals surface area contributed by atoms with Crippen molar-refractivity contribution in [1.29, 1.82) is 0 Å². The van der Waals surface area contributed by atoms with Crippen molar-refractivity contribution in [1.82, 2.24) is 15.2 Å². The van der Waals surface area contributed by atoms with Crippen molar-refractivity contribution in [3.05, 3.63) is 6.33 Å². The summed E-state index contributed by atoms with van der Waals surface area (Å²) in [6.07, 6.45) is 3.64. The van der Waals surface area contributed by atoms with E-state index in [9.17, 15) is 5.11 Å². The van der Waals surface area contributed by atoms with Crippen LogP contribution in [-0.4, -0.2) is 38.2 Å². The van der Waals surface area contributed by atoms with Crippen LogP contribution in [0.5, 0.6) is 0 Å². The zero-order chi connectivity index (χ0) is 10.0. The van der Waals surface area contributed by atoms with E-state index in [0.717, 1.165) is 18.0 Å². The summed E-state index contributed by atoms with van der Waals surface area (Å²) in [5.74, 6) is 0.964. The molecule has 6 heteroatoms. The number of hydrogen-bond donors (Lipinski definition) is 3. The molecule has 14 heavy (non-hydrogen) atoms. The average Bonchev–Trinajstić information content (AvgIpc) is 2.94. The van der Waals surface area contributed by atoms with E-state index < -0.39 is 5.60 Å². The molecule has 1 saturated carbocycles. The molecule has 2 rings (SSSR count). The highest BCUT2D eigenvalue weighted by Gasteiger charge is 2.42. The molecule has 1 aromatic heterocycles. The highest BCUT2D eigenvalue weighted by atomic mass is 32.2. The molecule has 0 amide bonds. The van der Waals surface area contributed by atoms with Crippen LogP contribution in [0.3, 0.4) is 0 Å². The number of nitrogens with two attached hydrogens (primary N) is 1. The lowest BCUT2D eigenvalue weighted by Gasteiger charge is -2.25. The van der Waals surface area contributed by atoms with E-state index in [4.69, 9.17) is 5.73 Å². The molecule has 0 aliphatic heterocycles. The zero-order valence-electron chi connectivity index (χ0n) is 7.81. The van der Waals surface area contributed by atoms with Crippen LogP contribution in [-0.2, 0) is 0 Å². The molecule has 78 valence electrons. The summed E-state index contributed by atoms with van der Waals surface area (Å²) in [6.45, 7) is 0.318. The Labute approximate surface area is 86.5 Å². The molecule has 0 bridgehead atoms. The quantitative estimate of drug-likeness (QED) is 0.600. The summed E-state index contributed by atoms with van der Waals surface area (Å²) < 4.78 is 0. The Bertz CT molecular complexity index is 288. The van der Waals surface area contributed by atoms with Crippen LogP contribution < -0.4 is 5.73 Å². The minimum atomic E-state index is -0.725. The first kappa shape index (κ1) is 9.95. The van der Waals surface area contributed by atoms with Crippen LogP contribution in [0.1, 0.15) is 12.8 Å². The molecule has 0 aromatic carbocycles. The fraction of sp³-hybridized carbons (Fsp3) is 0.750. The second kappa shape index (κ2) is 3.88. The van der Waals surface area contributed by atoms with Gasteiger partial charge in [-0.25, -0.2) is 4.98 Å². The van der Waals surface area contributed by atoms with Crippen molar-refractivity contribution in [3.8, 4) is 0 Å². The highest BCUT2D eigenvalue weighted by Crippen LogP contribution is 2.41. The number of H-pyrrole nitrogens is 1. The number of aromatic amines is 1. The third kappa shape index (κ3) is 2.08. The van der Waals surface area contributed by atoms with E-state index >= 15 is 0 Å². The number of aromatic nitrogens is 3. The van der Waals surface area contributed by atoms with Crippen LogP contribution in [0.15, 0.2) is 11.5 Å². The number of nitrogens with zero attached hydrogens (tertiary/aromatic N) is 2. The number of hydrogen-bond acceptors (Lipinski definition) is 5. The second-order valence-corrected chi connectivity index (χ2v) is 4.63. The summed E-state index contributed by atoms with van der Waals surface area (Å²) in [7, 11) is 0. The van der Waals surface area contributed by atoms with Crippen molar-refractivity contribution in [2.75, 3.05) is 12.3 Å². The molecule has 1 fully saturated rings. The Hall–Kier alpha value is -0.590. The van der Waals surface area contributed by atoms with E-state index in [0.29, 0.717) is 18.2 Å². The van der Waals surface area contributed by atoms with Crippen LogP contribution >= 0.6 is 11.8 Å². The maximum atomic E-state index is 10.2. The molecule has 4 N–H and O–H groups in total. The second-order valence-electron chi connectivity index (χ2n) is 3.66. The Balaban J connectivity index is 1.89. The van der Waals surface area contributed by atoms with Gasteiger partial charge in [0.15, 0.2) is 5.16 Å². The molecule has 0 radical (unpaired) electrons. The Morgan fingerprint density at radius 1 is 1.71 bits per heavy atom. The van der Waals surface area contributed by atoms with Gasteiger partial charge < -0.3 is 10.8 Å². The van der Waals surface area contributed by atoms with Crippen LogP contribution in [0.2, 0.25) is 0 Å². The topological polar surface area (TPSA) is 87.8 Å². The lowest BCUT2D eigenvalue weighted by atomic mass is 10.0. The normalized spacial score (nSPS) is 20.7. The summed E-state index contributed by atoms with van der Waals surface area (Å²) in [5, 5.41) is 17.4. The lowest BCUT2D eigenvalue weighted by Crippen LogP contribution is -2.42. The Kier molecular flexibility index (Phi) is 2.76. The Morgan fingerprint density at radius 2 is 2.50 bits per heavy atom. The first-order chi connectivity index (χ1) is 6.74. The molecule has 1 aliphatic carbocycles. The molecule has 1 atom stereocenters. The summed E-state index contributed by atoms with van der Waals surface area (Å²) in [4.78, 5) is 3.98. The van der Waals surface area contributed by atoms with Gasteiger partial charge in [0.05, 0.1) is 5.60 Å². The van der Waals surface area contributed by atoms with Gasteiger partial charge in [-0.05, 0) is 18.8 Å². The van der Waals surface area contributed by atoms with Gasteiger partial charge in [0.1, 0.15) is 6.33 Å². The summed E-state index contributed by atoms with van der Waals surface area (Å²) in [5.41, 5.74) is 4.85. The van der Waals surface area contributed by atoms with Crippen molar-refractivity contribution in [2.45, 2.75) is 23.6 Å². The zero-order valence-corrected chi connectivity index (χ0v) is 8.63. The van der Waals surface area contributed by atoms with Gasteiger partial charge >= 0.3 is 0 Å².